The van der Waals surface area contributed by atoms with E-state index >= 15 is 0 Å². The standard InChI is InChI=1S/C25H33N3O4S/c1-16(2)24-17(3)18-8-9-20(29)19(25(18)27-24)15-33-14-12-26-21(30)7-5-4-6-13-28-22(31)10-11-23(28)32/h8-11,16,27,29H,4-7,12-15H2,1-3H3,(H,26,30). The van der Waals surface area contributed by atoms with E-state index in [4.69, 9.17) is 0 Å². The van der Waals surface area contributed by atoms with Crippen molar-refractivity contribution < 1.29 is 19.5 Å². The number of H-pyrrole nitrogens is 1. The number of nitrogens with zero attached hydrogens (tertiary/aromatic N) is 1. The number of nitrogens with one attached hydrogen (secondary N) is 2. The van der Waals surface area contributed by atoms with Gasteiger partial charge in [-0.1, -0.05) is 20.3 Å². The minimum atomic E-state index is -0.258. The Labute approximate surface area is 199 Å². The van der Waals surface area contributed by atoms with Crippen LogP contribution in [-0.4, -0.2) is 51.6 Å². The van der Waals surface area contributed by atoms with Crippen molar-refractivity contribution in [1.82, 2.24) is 15.2 Å². The summed E-state index contributed by atoms with van der Waals surface area (Å²) in [5.74, 6) is 1.60. The number of carbonyl (C=O) groups is 3. The van der Waals surface area contributed by atoms with E-state index in [0.717, 1.165) is 35.1 Å². The monoisotopic (exact) mass is 471 g/mol. The quantitative estimate of drug-likeness (QED) is 0.319. The van der Waals surface area contributed by atoms with Crippen LogP contribution in [0.4, 0.5) is 0 Å². The van der Waals surface area contributed by atoms with Crippen LogP contribution in [0.25, 0.3) is 10.9 Å². The van der Waals surface area contributed by atoms with E-state index in [2.05, 4.69) is 31.1 Å². The maximum absolute atomic E-state index is 12.0. The SMILES string of the molecule is Cc1c(C(C)C)[nH]c2c(CSCCNC(=O)CCCCCN3C(=O)C=CC3=O)c(O)ccc12. The van der Waals surface area contributed by atoms with Gasteiger partial charge in [0.05, 0.1) is 5.52 Å². The molecule has 0 radical (unpaired) electrons. The molecule has 178 valence electrons. The third-order valence-corrected chi connectivity index (χ3v) is 6.92. The lowest BCUT2D eigenvalue weighted by atomic mass is 10.0. The van der Waals surface area contributed by atoms with Crippen LogP contribution in [0.3, 0.4) is 0 Å². The number of aromatic nitrogens is 1. The number of imide groups is 1. The summed E-state index contributed by atoms with van der Waals surface area (Å²) in [5.41, 5.74) is 4.34. The van der Waals surface area contributed by atoms with Crippen molar-refractivity contribution in [2.45, 2.75) is 58.1 Å². The van der Waals surface area contributed by atoms with Crippen LogP contribution in [0.5, 0.6) is 5.75 Å². The fourth-order valence-corrected chi connectivity index (χ4v) is 4.99. The molecule has 0 spiro atoms. The predicted octanol–water partition coefficient (Wildman–Crippen LogP) is 4.14. The molecular formula is C25H33N3O4S. The number of aryl methyl sites for hydroxylation is 1. The molecule has 0 saturated heterocycles. The first kappa shape index (κ1) is 24.9. The molecule has 3 amide bonds. The third-order valence-electron chi connectivity index (χ3n) is 5.93. The lowest BCUT2D eigenvalue weighted by Crippen LogP contribution is -2.30. The van der Waals surface area contributed by atoms with E-state index in [9.17, 15) is 19.5 Å². The summed E-state index contributed by atoms with van der Waals surface area (Å²) in [5, 5.41) is 14.5. The zero-order chi connectivity index (χ0) is 24.0. The van der Waals surface area contributed by atoms with Gasteiger partial charge in [-0.05, 0) is 43.4 Å². The number of hydrogen-bond acceptors (Lipinski definition) is 5. The van der Waals surface area contributed by atoms with Crippen LogP contribution >= 0.6 is 11.8 Å². The Morgan fingerprint density at radius 2 is 1.88 bits per heavy atom. The molecule has 0 atom stereocenters. The van der Waals surface area contributed by atoms with Gasteiger partial charge in [-0.2, -0.15) is 11.8 Å². The highest BCUT2D eigenvalue weighted by molar-refractivity contribution is 7.98. The van der Waals surface area contributed by atoms with E-state index in [1.807, 2.05) is 6.07 Å². The second kappa shape index (κ2) is 11.4. The molecular weight excluding hydrogens is 438 g/mol. The number of unbranched alkanes of at least 4 members (excludes halogenated alkanes) is 2. The first-order valence-electron chi connectivity index (χ1n) is 11.5. The first-order chi connectivity index (χ1) is 15.8. The van der Waals surface area contributed by atoms with Gasteiger partial charge in [0, 0.05) is 59.8 Å². The first-order valence-corrected chi connectivity index (χ1v) is 12.7. The Hall–Kier alpha value is -2.74. The van der Waals surface area contributed by atoms with Crippen LogP contribution in [-0.2, 0) is 20.1 Å². The second-order valence-electron chi connectivity index (χ2n) is 8.68. The van der Waals surface area contributed by atoms with Crippen molar-refractivity contribution in [3.63, 3.8) is 0 Å². The summed E-state index contributed by atoms with van der Waals surface area (Å²) in [6.07, 6.45) is 5.23. The van der Waals surface area contributed by atoms with Crippen molar-refractivity contribution in [3.8, 4) is 5.75 Å². The zero-order valence-corrected chi connectivity index (χ0v) is 20.4. The second-order valence-corrected chi connectivity index (χ2v) is 9.78. The fourth-order valence-electron chi connectivity index (χ4n) is 4.10. The minimum absolute atomic E-state index is 0.0112. The van der Waals surface area contributed by atoms with Gasteiger partial charge in [-0.3, -0.25) is 19.3 Å². The van der Waals surface area contributed by atoms with Crippen LogP contribution in [0.15, 0.2) is 24.3 Å². The summed E-state index contributed by atoms with van der Waals surface area (Å²) < 4.78 is 0. The summed E-state index contributed by atoms with van der Waals surface area (Å²) in [4.78, 5) is 39.7. The number of carbonyl (C=O) groups excluding carboxylic acids is 3. The molecule has 7 nitrogen and oxygen atoms in total. The highest BCUT2D eigenvalue weighted by atomic mass is 32.2. The number of benzene rings is 1. The largest absolute Gasteiger partial charge is 0.508 e. The summed E-state index contributed by atoms with van der Waals surface area (Å²) >= 11 is 1.68. The van der Waals surface area contributed by atoms with Crippen molar-refractivity contribution in [3.05, 3.63) is 41.1 Å². The van der Waals surface area contributed by atoms with Gasteiger partial charge in [0.25, 0.3) is 11.8 Å². The number of hydrogen-bond donors (Lipinski definition) is 3. The zero-order valence-electron chi connectivity index (χ0n) is 19.6. The number of amides is 3. The average molecular weight is 472 g/mol. The molecule has 1 aromatic heterocycles. The van der Waals surface area contributed by atoms with Crippen LogP contribution in [0.1, 0.15) is 62.3 Å². The number of thioether (sulfide) groups is 1. The van der Waals surface area contributed by atoms with Crippen molar-refractivity contribution in [2.75, 3.05) is 18.8 Å². The van der Waals surface area contributed by atoms with Crippen LogP contribution in [0, 0.1) is 6.92 Å². The Kier molecular flexibility index (Phi) is 8.61. The molecule has 0 bridgehead atoms. The maximum Gasteiger partial charge on any atom is 0.253 e. The van der Waals surface area contributed by atoms with Crippen molar-refractivity contribution >= 4 is 40.4 Å². The number of rotatable bonds is 12. The number of aromatic hydroxyl groups is 1. The van der Waals surface area contributed by atoms with E-state index in [1.54, 1.807) is 17.8 Å². The lowest BCUT2D eigenvalue weighted by Gasteiger charge is -2.13. The van der Waals surface area contributed by atoms with Crippen LogP contribution in [0.2, 0.25) is 0 Å². The molecule has 3 N–H and O–H groups in total. The van der Waals surface area contributed by atoms with Crippen LogP contribution < -0.4 is 5.32 Å². The third kappa shape index (κ3) is 6.19. The van der Waals surface area contributed by atoms with Gasteiger partial charge < -0.3 is 15.4 Å². The highest BCUT2D eigenvalue weighted by Crippen LogP contribution is 2.34. The van der Waals surface area contributed by atoms with Crippen molar-refractivity contribution in [1.29, 1.82) is 0 Å². The molecule has 2 heterocycles. The normalized spacial score (nSPS) is 13.6. The number of phenols is 1. The molecule has 0 saturated carbocycles. The topological polar surface area (TPSA) is 103 Å². The minimum Gasteiger partial charge on any atom is -0.508 e. The maximum atomic E-state index is 12.0. The molecule has 1 aliphatic rings. The number of fused-ring (bicyclic) bond motifs is 1. The highest BCUT2D eigenvalue weighted by Gasteiger charge is 2.22. The van der Waals surface area contributed by atoms with Crippen molar-refractivity contribution in [2.24, 2.45) is 0 Å². The molecule has 0 aliphatic carbocycles. The van der Waals surface area contributed by atoms with Gasteiger partial charge in [0.1, 0.15) is 5.75 Å². The molecule has 1 aromatic carbocycles. The molecule has 2 aromatic rings. The molecule has 3 rings (SSSR count). The van der Waals surface area contributed by atoms with Gasteiger partial charge in [-0.25, -0.2) is 0 Å². The van der Waals surface area contributed by atoms with Gasteiger partial charge in [0.15, 0.2) is 0 Å². The predicted molar refractivity (Wildman–Crippen MR) is 132 cm³/mol. The Bertz CT molecular complexity index is 1040. The summed E-state index contributed by atoms with van der Waals surface area (Å²) in [7, 11) is 0. The molecule has 1 aliphatic heterocycles. The average Bonchev–Trinajstić information content (AvgIpc) is 3.28. The molecule has 8 heteroatoms. The molecule has 0 fully saturated rings. The Balaban J connectivity index is 1.34. The smallest absolute Gasteiger partial charge is 0.253 e. The van der Waals surface area contributed by atoms with Gasteiger partial charge >= 0.3 is 0 Å². The van der Waals surface area contributed by atoms with E-state index in [-0.39, 0.29) is 17.7 Å². The number of aromatic amines is 1. The van der Waals surface area contributed by atoms with E-state index in [1.165, 1.54) is 28.3 Å². The molecule has 0 unspecified atom stereocenters. The summed E-state index contributed by atoms with van der Waals surface area (Å²) in [6.45, 7) is 7.40. The molecule has 33 heavy (non-hydrogen) atoms. The van der Waals surface area contributed by atoms with Gasteiger partial charge in [-0.15, -0.1) is 0 Å². The summed E-state index contributed by atoms with van der Waals surface area (Å²) in [6, 6.07) is 3.73. The van der Waals surface area contributed by atoms with Gasteiger partial charge in [0.2, 0.25) is 5.91 Å². The Morgan fingerprint density at radius 3 is 2.58 bits per heavy atom. The number of phenolic OH excluding ortho intramolecular Hbond substituents is 1. The Morgan fingerprint density at radius 1 is 1.15 bits per heavy atom. The van der Waals surface area contributed by atoms with E-state index in [0.29, 0.717) is 43.4 Å². The lowest BCUT2D eigenvalue weighted by molar-refractivity contribution is -0.136. The van der Waals surface area contributed by atoms with E-state index < -0.39 is 0 Å². The fraction of sp³-hybridized carbons (Fsp3) is 0.480.